The van der Waals surface area contributed by atoms with Crippen LogP contribution in [0.5, 0.6) is 0 Å². The highest BCUT2D eigenvalue weighted by atomic mass is 16.6. The minimum atomic E-state index is 0.131. The van der Waals surface area contributed by atoms with Gasteiger partial charge in [0.1, 0.15) is 0 Å². The Balaban J connectivity index is 2.09. The van der Waals surface area contributed by atoms with E-state index >= 15 is 0 Å². The van der Waals surface area contributed by atoms with Crippen LogP contribution in [0, 0.1) is 5.92 Å². The molecule has 0 aromatic rings. The smallest absolute Gasteiger partial charge is 0.157 e. The highest BCUT2D eigenvalue weighted by molar-refractivity contribution is 5.67. The van der Waals surface area contributed by atoms with Crippen molar-refractivity contribution in [2.24, 2.45) is 16.8 Å². The fraction of sp³-hybridized carbons (Fsp3) is 0.444. The molecule has 12 heavy (non-hydrogen) atoms. The molecule has 2 unspecified atom stereocenters. The molecule has 1 aliphatic heterocycles. The second-order valence-electron chi connectivity index (χ2n) is 3.04. The van der Waals surface area contributed by atoms with Crippen molar-refractivity contribution in [1.29, 1.82) is 0 Å². The Hall–Kier alpha value is -1.09. The molecular weight excluding hydrogens is 152 g/mol. The number of nitrogens with two attached hydrogens (primary N) is 1. The molecule has 0 aromatic heterocycles. The van der Waals surface area contributed by atoms with E-state index in [1.165, 1.54) is 5.57 Å². The fourth-order valence-corrected chi connectivity index (χ4v) is 1.49. The summed E-state index contributed by atoms with van der Waals surface area (Å²) in [6, 6.07) is 0. The molecule has 0 fully saturated rings. The van der Waals surface area contributed by atoms with Gasteiger partial charge in [0.05, 0.1) is 12.1 Å². The van der Waals surface area contributed by atoms with Crippen molar-refractivity contribution in [3.8, 4) is 0 Å². The molecule has 3 heteroatoms. The molecule has 1 heterocycles. The molecule has 64 valence electrons. The standard InChI is InChI=1S/C9H12N2O/c10-4-3-7-1-2-9-8(5-7)6-11-12-9/h1-2,5-6,8-9H,3-4,10H2. The average Bonchev–Trinajstić information content (AvgIpc) is 2.51. The van der Waals surface area contributed by atoms with Crippen LogP contribution in [-0.4, -0.2) is 18.9 Å². The lowest BCUT2D eigenvalue weighted by molar-refractivity contribution is 0.105. The maximum Gasteiger partial charge on any atom is 0.157 e. The number of hydrogen-bond donors (Lipinski definition) is 1. The normalized spacial score (nSPS) is 31.2. The minimum Gasteiger partial charge on any atom is -0.388 e. The summed E-state index contributed by atoms with van der Waals surface area (Å²) in [7, 11) is 0. The van der Waals surface area contributed by atoms with E-state index in [-0.39, 0.29) is 6.10 Å². The molecule has 0 radical (unpaired) electrons. The van der Waals surface area contributed by atoms with E-state index in [2.05, 4.69) is 17.3 Å². The zero-order chi connectivity index (χ0) is 8.39. The fourth-order valence-electron chi connectivity index (χ4n) is 1.49. The molecule has 3 nitrogen and oxygen atoms in total. The van der Waals surface area contributed by atoms with Crippen molar-refractivity contribution < 1.29 is 4.84 Å². The Labute approximate surface area is 71.6 Å². The maximum atomic E-state index is 5.46. The Kier molecular flexibility index (Phi) is 1.96. The first-order chi connectivity index (χ1) is 5.90. The van der Waals surface area contributed by atoms with Gasteiger partial charge in [-0.1, -0.05) is 22.9 Å². The number of hydrogen-bond acceptors (Lipinski definition) is 3. The van der Waals surface area contributed by atoms with Crippen molar-refractivity contribution >= 4 is 6.21 Å². The van der Waals surface area contributed by atoms with Crippen molar-refractivity contribution in [3.63, 3.8) is 0 Å². The van der Waals surface area contributed by atoms with Crippen LogP contribution < -0.4 is 5.73 Å². The second-order valence-corrected chi connectivity index (χ2v) is 3.04. The summed E-state index contributed by atoms with van der Waals surface area (Å²) < 4.78 is 0. The molecule has 2 N–H and O–H groups in total. The maximum absolute atomic E-state index is 5.46. The molecule has 0 spiro atoms. The van der Waals surface area contributed by atoms with E-state index in [9.17, 15) is 0 Å². The van der Waals surface area contributed by atoms with Gasteiger partial charge < -0.3 is 10.6 Å². The van der Waals surface area contributed by atoms with Gasteiger partial charge in [-0.15, -0.1) is 0 Å². The molecule has 2 rings (SSSR count). The summed E-state index contributed by atoms with van der Waals surface area (Å²) in [4.78, 5) is 5.09. The van der Waals surface area contributed by atoms with Crippen LogP contribution in [-0.2, 0) is 4.84 Å². The van der Waals surface area contributed by atoms with Crippen LogP contribution in [0.1, 0.15) is 6.42 Å². The van der Waals surface area contributed by atoms with Crippen LogP contribution in [0.25, 0.3) is 0 Å². The van der Waals surface area contributed by atoms with Crippen LogP contribution >= 0.6 is 0 Å². The van der Waals surface area contributed by atoms with Gasteiger partial charge in [-0.25, -0.2) is 0 Å². The quantitative estimate of drug-likeness (QED) is 0.657. The number of nitrogens with zero attached hydrogens (tertiary/aromatic N) is 1. The van der Waals surface area contributed by atoms with Crippen molar-refractivity contribution in [2.45, 2.75) is 12.5 Å². The van der Waals surface area contributed by atoms with Gasteiger partial charge in [0.15, 0.2) is 6.10 Å². The first-order valence-electron chi connectivity index (χ1n) is 4.18. The summed E-state index contributed by atoms with van der Waals surface area (Å²) in [5.41, 5.74) is 6.74. The van der Waals surface area contributed by atoms with Gasteiger partial charge in [-0.2, -0.15) is 0 Å². The number of oxime groups is 1. The van der Waals surface area contributed by atoms with Gasteiger partial charge in [-0.3, -0.25) is 0 Å². The molecule has 1 aliphatic carbocycles. The molecule has 0 aromatic carbocycles. The third kappa shape index (κ3) is 1.28. The summed E-state index contributed by atoms with van der Waals surface area (Å²) in [5.74, 6) is 0.330. The zero-order valence-corrected chi connectivity index (χ0v) is 6.81. The highest BCUT2D eigenvalue weighted by Gasteiger charge is 2.24. The molecular formula is C9H12N2O. The molecule has 0 saturated heterocycles. The van der Waals surface area contributed by atoms with Crippen molar-refractivity contribution in [1.82, 2.24) is 0 Å². The Morgan fingerprint density at radius 2 is 2.50 bits per heavy atom. The molecule has 2 atom stereocenters. The second kappa shape index (κ2) is 3.11. The largest absolute Gasteiger partial charge is 0.388 e. The predicted octanol–water partition coefficient (Wildman–Crippen LogP) is 0.832. The lowest BCUT2D eigenvalue weighted by atomic mass is 9.94. The number of allylic oxidation sites excluding steroid dienone is 1. The third-order valence-electron chi connectivity index (χ3n) is 2.13. The molecule has 0 bridgehead atoms. The first kappa shape index (κ1) is 7.55. The van der Waals surface area contributed by atoms with Crippen molar-refractivity contribution in [3.05, 3.63) is 23.8 Å². The average molecular weight is 164 g/mol. The van der Waals surface area contributed by atoms with Gasteiger partial charge in [0.2, 0.25) is 0 Å². The van der Waals surface area contributed by atoms with E-state index in [0.717, 1.165) is 6.42 Å². The molecule has 0 amide bonds. The minimum absolute atomic E-state index is 0.131. The monoisotopic (exact) mass is 164 g/mol. The lowest BCUT2D eigenvalue weighted by Crippen LogP contribution is -2.17. The van der Waals surface area contributed by atoms with E-state index in [0.29, 0.717) is 12.5 Å². The Morgan fingerprint density at radius 1 is 1.58 bits per heavy atom. The van der Waals surface area contributed by atoms with E-state index in [4.69, 9.17) is 10.6 Å². The summed E-state index contributed by atoms with van der Waals surface area (Å²) >= 11 is 0. The van der Waals surface area contributed by atoms with E-state index in [1.54, 1.807) is 0 Å². The van der Waals surface area contributed by atoms with Gasteiger partial charge in [-0.05, 0) is 19.0 Å². The third-order valence-corrected chi connectivity index (χ3v) is 2.13. The number of rotatable bonds is 2. The summed E-state index contributed by atoms with van der Waals surface area (Å²) in [6.45, 7) is 0.700. The van der Waals surface area contributed by atoms with Crippen LogP contribution in [0.2, 0.25) is 0 Å². The summed E-state index contributed by atoms with van der Waals surface area (Å²) in [6.07, 6.45) is 9.20. The van der Waals surface area contributed by atoms with Gasteiger partial charge in [0.25, 0.3) is 0 Å². The van der Waals surface area contributed by atoms with Gasteiger partial charge >= 0.3 is 0 Å². The van der Waals surface area contributed by atoms with Crippen LogP contribution in [0.15, 0.2) is 29.0 Å². The Morgan fingerprint density at radius 3 is 3.33 bits per heavy atom. The number of fused-ring (bicyclic) bond motifs is 1. The van der Waals surface area contributed by atoms with Crippen LogP contribution in [0.4, 0.5) is 0 Å². The van der Waals surface area contributed by atoms with E-state index < -0.39 is 0 Å². The van der Waals surface area contributed by atoms with Gasteiger partial charge in [0, 0.05) is 0 Å². The Bertz CT molecular complexity index is 255. The summed E-state index contributed by atoms with van der Waals surface area (Å²) in [5, 5.41) is 3.77. The zero-order valence-electron chi connectivity index (χ0n) is 6.81. The molecule has 0 saturated carbocycles. The van der Waals surface area contributed by atoms with Crippen molar-refractivity contribution in [2.75, 3.05) is 6.54 Å². The predicted molar refractivity (Wildman–Crippen MR) is 47.7 cm³/mol. The first-order valence-corrected chi connectivity index (χ1v) is 4.18. The SMILES string of the molecule is NCCC1=CC2C=NOC2C=C1. The topological polar surface area (TPSA) is 47.6 Å². The van der Waals surface area contributed by atoms with Crippen LogP contribution in [0.3, 0.4) is 0 Å². The lowest BCUT2D eigenvalue weighted by Gasteiger charge is -2.15. The molecule has 2 aliphatic rings. The highest BCUT2D eigenvalue weighted by Crippen LogP contribution is 2.23. The van der Waals surface area contributed by atoms with E-state index in [1.807, 2.05) is 12.3 Å².